The van der Waals surface area contributed by atoms with Crippen molar-refractivity contribution < 1.29 is 9.53 Å². The number of nitrogens with one attached hydrogen (secondary N) is 1. The van der Waals surface area contributed by atoms with E-state index in [-0.39, 0.29) is 5.97 Å². The molecule has 0 saturated carbocycles. The molecule has 0 heterocycles. The van der Waals surface area contributed by atoms with Gasteiger partial charge in [-0.25, -0.2) is 0 Å². The van der Waals surface area contributed by atoms with Crippen LogP contribution in [0.15, 0.2) is 0 Å². The molecule has 0 rings (SSSR count). The third-order valence-electron chi connectivity index (χ3n) is 1.32. The summed E-state index contributed by atoms with van der Waals surface area (Å²) in [5.74, 6) is 0.0257. The van der Waals surface area contributed by atoms with Gasteiger partial charge in [0.1, 0.15) is 0 Å². The largest absolute Gasteiger partial charge is 0.496 e. The Bertz CT molecular complexity index is 107. The van der Waals surface area contributed by atoms with Gasteiger partial charge >= 0.3 is 5.97 Å². The van der Waals surface area contributed by atoms with E-state index in [0.717, 1.165) is 25.9 Å². The number of carbonyl (C=O) groups excluding carboxylic acids is 1. The molecule has 0 saturated heterocycles. The molecule has 0 amide bonds. The van der Waals surface area contributed by atoms with Gasteiger partial charge in [-0.15, -0.1) is 0 Å². The quantitative estimate of drug-likeness (QED) is 0.312. The molecule has 11 heavy (non-hydrogen) atoms. The number of methoxy groups -OCH3 is 1. The summed E-state index contributed by atoms with van der Waals surface area (Å²) in [5.41, 5.74) is 5.29. The van der Waals surface area contributed by atoms with Gasteiger partial charge in [-0.2, -0.15) is 0 Å². The number of rotatable bonds is 6. The van der Waals surface area contributed by atoms with E-state index in [0.29, 0.717) is 6.54 Å². The molecule has 4 nitrogen and oxygen atoms in total. The van der Waals surface area contributed by atoms with Gasteiger partial charge in [-0.05, 0) is 25.9 Å². The van der Waals surface area contributed by atoms with Crippen LogP contribution in [0.2, 0.25) is 0 Å². The molecule has 0 bridgehead atoms. The zero-order valence-corrected chi connectivity index (χ0v) is 6.97. The first-order valence-electron chi connectivity index (χ1n) is 3.80. The minimum absolute atomic E-state index is 0.0257. The van der Waals surface area contributed by atoms with Gasteiger partial charge in [-0.3, -0.25) is 0 Å². The van der Waals surface area contributed by atoms with E-state index in [1.54, 1.807) is 0 Å². The van der Waals surface area contributed by atoms with E-state index in [1.165, 1.54) is 7.11 Å². The molecule has 0 aliphatic heterocycles. The van der Waals surface area contributed by atoms with E-state index in [2.05, 4.69) is 10.1 Å². The molecule has 66 valence electrons. The lowest BCUT2D eigenvalue weighted by Crippen LogP contribution is -2.25. The maximum Gasteiger partial charge on any atom is 0.496 e. The van der Waals surface area contributed by atoms with Crippen LogP contribution in [0, 0.1) is 0 Å². The van der Waals surface area contributed by atoms with Gasteiger partial charge < -0.3 is 20.6 Å². The van der Waals surface area contributed by atoms with Crippen molar-refractivity contribution in [2.45, 2.75) is 12.8 Å². The van der Waals surface area contributed by atoms with Crippen LogP contribution in [0.1, 0.15) is 12.8 Å². The van der Waals surface area contributed by atoms with Gasteiger partial charge in [0.25, 0.3) is 0 Å². The molecular weight excluding hydrogens is 144 g/mol. The highest BCUT2D eigenvalue weighted by molar-refractivity contribution is 5.72. The molecule has 0 aliphatic rings. The van der Waals surface area contributed by atoms with E-state index in [1.807, 2.05) is 0 Å². The lowest BCUT2D eigenvalue weighted by Gasteiger charge is -1.97. The summed E-state index contributed by atoms with van der Waals surface area (Å²) in [6.45, 7) is 1.99. The molecule has 0 unspecified atom stereocenters. The highest BCUT2D eigenvalue weighted by Crippen LogP contribution is 1.81. The van der Waals surface area contributed by atoms with Crippen molar-refractivity contribution >= 4 is 5.97 Å². The van der Waals surface area contributed by atoms with Crippen LogP contribution in [0.3, 0.4) is 0 Å². The van der Waals surface area contributed by atoms with Gasteiger partial charge in [0, 0.05) is 0 Å². The topological polar surface area (TPSA) is 68.7 Å². The minimum atomic E-state index is 0.0257. The summed E-state index contributed by atoms with van der Waals surface area (Å²) in [4.78, 5) is 8.82. The van der Waals surface area contributed by atoms with Gasteiger partial charge in [-0.1, -0.05) is 0 Å². The van der Waals surface area contributed by atoms with Crippen LogP contribution in [-0.4, -0.2) is 37.5 Å². The molecule has 0 aromatic rings. The smallest absolute Gasteiger partial charge is 0.338 e. The van der Waals surface area contributed by atoms with Crippen LogP contribution in [0.5, 0.6) is 0 Å². The first kappa shape index (κ1) is 10.4. The second kappa shape index (κ2) is 7.50. The predicted octanol–water partition coefficient (Wildman–Crippen LogP) is -0.536. The summed E-state index contributed by atoms with van der Waals surface area (Å²) in [6, 6.07) is 0. The summed E-state index contributed by atoms with van der Waals surface area (Å²) < 4.78 is 4.54. The van der Waals surface area contributed by atoms with Gasteiger partial charge in [0.05, 0.1) is 0 Å². The molecule has 0 aliphatic carbocycles. The van der Waals surface area contributed by atoms with Crippen molar-refractivity contribution in [1.82, 2.24) is 5.32 Å². The summed E-state index contributed by atoms with van der Waals surface area (Å²) >= 11 is 0. The SMILES string of the molecule is COC(=[OH+])CNCCCCN. The molecule has 0 fully saturated rings. The van der Waals surface area contributed by atoms with E-state index in [9.17, 15) is 0 Å². The third-order valence-corrected chi connectivity index (χ3v) is 1.32. The molecule has 4 heteroatoms. The third kappa shape index (κ3) is 7.29. The van der Waals surface area contributed by atoms with Crippen LogP contribution < -0.4 is 11.1 Å². The predicted molar refractivity (Wildman–Crippen MR) is 45.1 cm³/mol. The maximum absolute atomic E-state index is 8.82. The van der Waals surface area contributed by atoms with Crippen molar-refractivity contribution in [3.63, 3.8) is 0 Å². The maximum atomic E-state index is 8.82. The van der Waals surface area contributed by atoms with Crippen LogP contribution in [-0.2, 0) is 4.74 Å². The van der Waals surface area contributed by atoms with E-state index in [4.69, 9.17) is 10.5 Å². The fourth-order valence-electron chi connectivity index (χ4n) is 0.662. The minimum Gasteiger partial charge on any atom is -0.338 e. The molecule has 0 aromatic heterocycles. The number of esters is 1. The molecule has 0 atom stereocenters. The summed E-state index contributed by atoms with van der Waals surface area (Å²) in [6.07, 6.45) is 2.05. The van der Waals surface area contributed by atoms with E-state index >= 15 is 0 Å². The van der Waals surface area contributed by atoms with Gasteiger partial charge in [0.2, 0.25) is 0 Å². The number of nitrogens with two attached hydrogens (primary N) is 1. The monoisotopic (exact) mass is 161 g/mol. The zero-order valence-electron chi connectivity index (χ0n) is 6.97. The lowest BCUT2D eigenvalue weighted by atomic mass is 10.3. The molecular formula is C7H17N2O2+. The fourth-order valence-corrected chi connectivity index (χ4v) is 0.662. The molecule has 4 N–H and O–H groups in total. The van der Waals surface area contributed by atoms with E-state index < -0.39 is 0 Å². The summed E-state index contributed by atoms with van der Waals surface area (Å²) in [7, 11) is 1.44. The van der Waals surface area contributed by atoms with Crippen LogP contribution in [0.4, 0.5) is 0 Å². The van der Waals surface area contributed by atoms with Crippen molar-refractivity contribution in [3.8, 4) is 0 Å². The second-order valence-corrected chi connectivity index (χ2v) is 2.27. The average molecular weight is 161 g/mol. The van der Waals surface area contributed by atoms with Crippen LogP contribution in [0.25, 0.3) is 0 Å². The first-order chi connectivity index (χ1) is 5.31. The normalized spacial score (nSPS) is 9.64. The lowest BCUT2D eigenvalue weighted by molar-refractivity contribution is 0.340. The number of hydrogen-bond acceptors (Lipinski definition) is 3. The summed E-state index contributed by atoms with van der Waals surface area (Å²) in [5, 5.41) is 3.00. The Labute approximate surface area is 67.1 Å². The average Bonchev–Trinajstić information content (AvgIpc) is 2.04. The first-order valence-corrected chi connectivity index (χ1v) is 3.80. The fraction of sp³-hybridized carbons (Fsp3) is 0.857. The Morgan fingerprint density at radius 2 is 2.27 bits per heavy atom. The van der Waals surface area contributed by atoms with Crippen LogP contribution >= 0.6 is 0 Å². The Hall–Kier alpha value is -0.610. The van der Waals surface area contributed by atoms with Crippen molar-refractivity contribution in [1.29, 1.82) is 0 Å². The highest BCUT2D eigenvalue weighted by atomic mass is 16.5. The van der Waals surface area contributed by atoms with Crippen molar-refractivity contribution in [3.05, 3.63) is 0 Å². The van der Waals surface area contributed by atoms with Crippen molar-refractivity contribution in [2.24, 2.45) is 5.73 Å². The Kier molecular flexibility index (Phi) is 7.08. The number of unbranched alkanes of at least 4 members (excludes halogenated alkanes) is 1. The Morgan fingerprint density at radius 1 is 1.55 bits per heavy atom. The number of ether oxygens (including phenoxy) is 1. The Morgan fingerprint density at radius 3 is 2.82 bits per heavy atom. The van der Waals surface area contributed by atoms with Gasteiger partial charge in [0.15, 0.2) is 13.7 Å². The second-order valence-electron chi connectivity index (χ2n) is 2.27. The van der Waals surface area contributed by atoms with Crippen molar-refractivity contribution in [2.75, 3.05) is 26.7 Å². The standard InChI is InChI=1S/C7H16N2O2/c1-11-7(10)6-9-5-3-2-4-8/h9H,2-6,8H2,1H3/p+1. The number of hydrogen-bond donors (Lipinski definition) is 2. The molecule has 0 aromatic carbocycles. The molecule has 0 radical (unpaired) electrons. The molecule has 0 spiro atoms. The zero-order chi connectivity index (χ0) is 8.53. The Balaban J connectivity index is 2.95. The highest BCUT2D eigenvalue weighted by Gasteiger charge is 2.05.